The van der Waals surface area contributed by atoms with E-state index in [-0.39, 0.29) is 48.0 Å². The van der Waals surface area contributed by atoms with E-state index in [0.717, 1.165) is 7.25 Å². The number of hydrogen-bond donors (Lipinski definition) is 0. The summed E-state index contributed by atoms with van der Waals surface area (Å²) < 4.78 is 1.89. The van der Waals surface area contributed by atoms with Crippen LogP contribution in [0.4, 0.5) is 0 Å². The van der Waals surface area contributed by atoms with Crippen molar-refractivity contribution in [3.63, 3.8) is 0 Å². The molecule has 19 heavy (non-hydrogen) atoms. The number of halogens is 2. The van der Waals surface area contributed by atoms with Gasteiger partial charge in [0.2, 0.25) is 0 Å². The molecule has 100 valence electrons. The van der Waals surface area contributed by atoms with Gasteiger partial charge >= 0.3 is 116 Å². The minimum absolute atomic E-state index is 0. The molecule has 0 fully saturated rings. The third-order valence-corrected chi connectivity index (χ3v) is 9.12. The van der Waals surface area contributed by atoms with Crippen molar-refractivity contribution < 1.29 is 48.0 Å². The van der Waals surface area contributed by atoms with Crippen LogP contribution in [0.15, 0.2) is 46.6 Å². The molecule has 0 aliphatic heterocycles. The average molecular weight is 372 g/mol. The third-order valence-electron chi connectivity index (χ3n) is 4.70. The van der Waals surface area contributed by atoms with E-state index in [1.54, 1.807) is 11.1 Å². The topological polar surface area (TPSA) is 0 Å². The van der Waals surface area contributed by atoms with Crippen molar-refractivity contribution in [1.29, 1.82) is 0 Å². The summed E-state index contributed by atoms with van der Waals surface area (Å²) in [5.41, 5.74) is 7.16. The second-order valence-electron chi connectivity index (χ2n) is 5.65. The van der Waals surface area contributed by atoms with E-state index in [1.807, 2.05) is 11.1 Å². The minimum Gasteiger partial charge on any atom is -1.00 e. The number of hydrogen-bond acceptors (Lipinski definition) is 0. The summed E-state index contributed by atoms with van der Waals surface area (Å²) in [7, 11) is 0. The van der Waals surface area contributed by atoms with Gasteiger partial charge in [-0.05, 0) is 0 Å². The van der Waals surface area contributed by atoms with Crippen LogP contribution in [-0.4, -0.2) is 0 Å². The van der Waals surface area contributed by atoms with Gasteiger partial charge in [-0.3, -0.25) is 0 Å². The molecule has 0 aromatic carbocycles. The Hall–Kier alpha value is 0.423. The van der Waals surface area contributed by atoms with Crippen LogP contribution < -0.4 is 24.8 Å². The number of rotatable bonds is 2. The second kappa shape index (κ2) is 6.46. The average Bonchev–Trinajstić information content (AvgIpc) is 3.03. The first-order valence-electron chi connectivity index (χ1n) is 6.98. The first-order valence-corrected chi connectivity index (χ1v) is 9.82. The molecule has 4 aliphatic carbocycles. The minimum atomic E-state index is -0.334. The van der Waals surface area contributed by atoms with Crippen molar-refractivity contribution in [1.82, 2.24) is 0 Å². The molecule has 4 rings (SSSR count). The Morgan fingerprint density at radius 3 is 1.68 bits per heavy atom. The molecule has 0 spiro atoms. The van der Waals surface area contributed by atoms with E-state index in [0.29, 0.717) is 0 Å². The van der Waals surface area contributed by atoms with Gasteiger partial charge in [0.15, 0.2) is 0 Å². The SMILES string of the molecule is C1=C[CH]([Zr+2][CH]2C=CC3=C2CCC3)C2=C1CCC2.[Cl-].[Cl-]. The van der Waals surface area contributed by atoms with Crippen LogP contribution in [-0.2, 0) is 23.2 Å². The quantitative estimate of drug-likeness (QED) is 0.569. The molecule has 0 nitrogen and oxygen atoms in total. The molecular weight excluding hydrogens is 354 g/mol. The van der Waals surface area contributed by atoms with Crippen molar-refractivity contribution in [3.05, 3.63) is 46.6 Å². The van der Waals surface area contributed by atoms with Crippen LogP contribution in [0.5, 0.6) is 0 Å². The molecular formula is C16H18Cl2Zr. The van der Waals surface area contributed by atoms with Crippen LogP contribution in [0.25, 0.3) is 0 Å². The first-order chi connectivity index (χ1) is 8.42. The van der Waals surface area contributed by atoms with Crippen LogP contribution >= 0.6 is 0 Å². The molecule has 0 radical (unpaired) electrons. The molecule has 2 atom stereocenters. The molecule has 3 heteroatoms. The Morgan fingerprint density at radius 2 is 1.21 bits per heavy atom. The van der Waals surface area contributed by atoms with Gasteiger partial charge in [-0.1, -0.05) is 0 Å². The largest absolute Gasteiger partial charge is 1.00 e. The fraction of sp³-hybridized carbons (Fsp3) is 0.500. The Kier molecular flexibility index (Phi) is 5.37. The van der Waals surface area contributed by atoms with Gasteiger partial charge < -0.3 is 24.8 Å². The smallest absolute Gasteiger partial charge is 1.00 e. The standard InChI is InChI=1S/2C8H9.2ClH.Zr/c2*1-3-7-5-2-6-8(7)4-1;;;/h2*1,3-4H,2,5-6H2;2*1H;/q;;;;+2/p-2. The molecule has 0 heterocycles. The van der Waals surface area contributed by atoms with Gasteiger partial charge in [-0.25, -0.2) is 0 Å². The summed E-state index contributed by atoms with van der Waals surface area (Å²) in [6, 6.07) is 0. The maximum atomic E-state index is 2.55. The molecule has 4 aliphatic rings. The zero-order valence-corrected chi connectivity index (χ0v) is 14.9. The molecule has 0 N–H and O–H groups in total. The van der Waals surface area contributed by atoms with Crippen molar-refractivity contribution in [2.24, 2.45) is 0 Å². The summed E-state index contributed by atoms with van der Waals surface area (Å²) in [6.45, 7) is 0. The molecule has 0 saturated heterocycles. The number of allylic oxidation sites excluding steroid dienone is 8. The predicted molar refractivity (Wildman–Crippen MR) is 67.5 cm³/mol. The van der Waals surface area contributed by atoms with Crippen LogP contribution in [0.1, 0.15) is 38.5 Å². The van der Waals surface area contributed by atoms with Crippen molar-refractivity contribution in [3.8, 4) is 0 Å². The van der Waals surface area contributed by atoms with E-state index >= 15 is 0 Å². The fourth-order valence-corrected chi connectivity index (χ4v) is 8.42. The fourth-order valence-electron chi connectivity index (χ4n) is 3.83. The summed E-state index contributed by atoms with van der Waals surface area (Å²) in [6.07, 6.45) is 18.4. The zero-order chi connectivity index (χ0) is 11.2. The Morgan fingerprint density at radius 1 is 0.737 bits per heavy atom. The third kappa shape index (κ3) is 2.76. The van der Waals surface area contributed by atoms with Gasteiger partial charge in [0.05, 0.1) is 0 Å². The Labute approximate surface area is 139 Å². The molecule has 0 bridgehead atoms. The van der Waals surface area contributed by atoms with Crippen molar-refractivity contribution >= 4 is 0 Å². The molecule has 0 amide bonds. The van der Waals surface area contributed by atoms with Gasteiger partial charge in [0.1, 0.15) is 0 Å². The molecule has 0 saturated carbocycles. The normalized spacial score (nSPS) is 30.1. The predicted octanol–water partition coefficient (Wildman–Crippen LogP) is -1.25. The maximum Gasteiger partial charge on any atom is -1.00 e. The van der Waals surface area contributed by atoms with Crippen LogP contribution in [0, 0.1) is 0 Å². The van der Waals surface area contributed by atoms with Gasteiger partial charge in [0.25, 0.3) is 0 Å². The van der Waals surface area contributed by atoms with Gasteiger partial charge in [0, 0.05) is 0 Å². The van der Waals surface area contributed by atoms with Gasteiger partial charge in [-0.15, -0.1) is 0 Å². The Balaban J connectivity index is 0.000000667. The summed E-state index contributed by atoms with van der Waals surface area (Å²) in [5.74, 6) is 0. The molecule has 0 aromatic rings. The summed E-state index contributed by atoms with van der Waals surface area (Å²) in [4.78, 5) is 0. The second-order valence-corrected chi connectivity index (χ2v) is 9.53. The molecule has 2 unspecified atom stereocenters. The summed E-state index contributed by atoms with van der Waals surface area (Å²) >= 11 is -0.334. The Bertz CT molecular complexity index is 441. The van der Waals surface area contributed by atoms with Crippen LogP contribution in [0.3, 0.4) is 0 Å². The van der Waals surface area contributed by atoms with Crippen molar-refractivity contribution in [2.45, 2.75) is 45.8 Å². The van der Waals surface area contributed by atoms with E-state index in [4.69, 9.17) is 0 Å². The van der Waals surface area contributed by atoms with Crippen LogP contribution in [0.2, 0.25) is 7.25 Å². The monoisotopic (exact) mass is 370 g/mol. The van der Waals surface area contributed by atoms with E-state index in [1.165, 1.54) is 38.5 Å². The van der Waals surface area contributed by atoms with E-state index < -0.39 is 0 Å². The molecule has 0 aromatic heterocycles. The first kappa shape index (κ1) is 15.8. The van der Waals surface area contributed by atoms with Crippen molar-refractivity contribution in [2.75, 3.05) is 0 Å². The zero-order valence-electron chi connectivity index (χ0n) is 11.0. The van der Waals surface area contributed by atoms with Gasteiger partial charge in [-0.2, -0.15) is 0 Å². The summed E-state index contributed by atoms with van der Waals surface area (Å²) in [5, 5.41) is 0. The maximum absolute atomic E-state index is 2.55. The van der Waals surface area contributed by atoms with E-state index in [9.17, 15) is 0 Å². The van der Waals surface area contributed by atoms with E-state index in [2.05, 4.69) is 24.3 Å².